The zero-order valence-corrected chi connectivity index (χ0v) is 9.86. The van der Waals surface area contributed by atoms with Gasteiger partial charge < -0.3 is 5.73 Å². The average molecular weight is 255 g/mol. The van der Waals surface area contributed by atoms with Gasteiger partial charge in [-0.15, -0.1) is 5.10 Å². The molecule has 0 bridgehead atoms. The zero-order valence-electron chi connectivity index (χ0n) is 9.86. The summed E-state index contributed by atoms with van der Waals surface area (Å²) < 4.78 is 15.1. The molecule has 0 saturated carbocycles. The highest BCUT2D eigenvalue weighted by Gasteiger charge is 2.12. The van der Waals surface area contributed by atoms with Gasteiger partial charge in [0.05, 0.1) is 5.69 Å². The highest BCUT2D eigenvalue weighted by Crippen LogP contribution is 2.24. The molecule has 0 spiro atoms. The van der Waals surface area contributed by atoms with Crippen molar-refractivity contribution in [3.8, 4) is 17.1 Å². The van der Waals surface area contributed by atoms with Crippen LogP contribution in [0.25, 0.3) is 17.1 Å². The average Bonchev–Trinajstić information content (AvgIpc) is 2.82. The van der Waals surface area contributed by atoms with Crippen LogP contribution in [0.5, 0.6) is 0 Å². The summed E-state index contributed by atoms with van der Waals surface area (Å²) in [5.74, 6) is 0.521. The molecule has 1 aromatic carbocycles. The highest BCUT2D eigenvalue weighted by molar-refractivity contribution is 5.63. The number of nitrogen functional groups attached to an aromatic ring is 1. The van der Waals surface area contributed by atoms with Gasteiger partial charge in [0.2, 0.25) is 0 Å². The molecule has 0 saturated heterocycles. The number of nitrogens with two attached hydrogens (primary N) is 1. The summed E-state index contributed by atoms with van der Waals surface area (Å²) >= 11 is 0. The van der Waals surface area contributed by atoms with E-state index in [0.29, 0.717) is 22.9 Å². The summed E-state index contributed by atoms with van der Waals surface area (Å²) in [7, 11) is 0. The molecule has 3 aromatic rings. The first kappa shape index (κ1) is 11.3. The van der Waals surface area contributed by atoms with E-state index in [4.69, 9.17) is 5.73 Å². The van der Waals surface area contributed by atoms with E-state index >= 15 is 0 Å². The SMILES string of the molecule is Nc1cc(-c2ccccc2F)nn1-c1cccnn1. The van der Waals surface area contributed by atoms with Crippen LogP contribution in [0, 0.1) is 5.82 Å². The van der Waals surface area contributed by atoms with Crippen molar-refractivity contribution in [2.24, 2.45) is 0 Å². The first-order chi connectivity index (χ1) is 9.25. The van der Waals surface area contributed by atoms with Crippen molar-refractivity contribution >= 4 is 5.82 Å². The van der Waals surface area contributed by atoms with Gasteiger partial charge in [0.1, 0.15) is 11.6 Å². The number of anilines is 1. The number of hydrogen-bond donors (Lipinski definition) is 1. The molecule has 19 heavy (non-hydrogen) atoms. The van der Waals surface area contributed by atoms with Crippen molar-refractivity contribution in [3.63, 3.8) is 0 Å². The number of nitrogens with zero attached hydrogens (tertiary/aromatic N) is 4. The summed E-state index contributed by atoms with van der Waals surface area (Å²) in [6.07, 6.45) is 1.56. The van der Waals surface area contributed by atoms with Gasteiger partial charge in [0.15, 0.2) is 5.82 Å². The lowest BCUT2D eigenvalue weighted by molar-refractivity contribution is 0.630. The molecule has 0 amide bonds. The Morgan fingerprint density at radius 1 is 1.11 bits per heavy atom. The Morgan fingerprint density at radius 3 is 2.68 bits per heavy atom. The molecule has 2 aromatic heterocycles. The molecule has 6 heteroatoms. The third-order valence-corrected chi connectivity index (χ3v) is 2.66. The third-order valence-electron chi connectivity index (χ3n) is 2.66. The second-order valence-electron chi connectivity index (χ2n) is 3.93. The quantitative estimate of drug-likeness (QED) is 0.760. The number of rotatable bonds is 2. The van der Waals surface area contributed by atoms with E-state index in [1.54, 1.807) is 42.6 Å². The Labute approximate surface area is 108 Å². The maximum atomic E-state index is 13.7. The molecular formula is C13H10FN5. The fourth-order valence-electron chi connectivity index (χ4n) is 1.79. The number of hydrogen-bond acceptors (Lipinski definition) is 4. The molecule has 0 radical (unpaired) electrons. The topological polar surface area (TPSA) is 69.6 Å². The Balaban J connectivity index is 2.10. The van der Waals surface area contributed by atoms with Crippen LogP contribution in [0.15, 0.2) is 48.7 Å². The van der Waals surface area contributed by atoms with Crippen molar-refractivity contribution in [1.29, 1.82) is 0 Å². The summed E-state index contributed by atoms with van der Waals surface area (Å²) in [5.41, 5.74) is 6.73. The zero-order chi connectivity index (χ0) is 13.2. The number of benzene rings is 1. The minimum absolute atomic E-state index is 0.341. The van der Waals surface area contributed by atoms with Gasteiger partial charge in [0.25, 0.3) is 0 Å². The van der Waals surface area contributed by atoms with Gasteiger partial charge in [-0.25, -0.2) is 4.39 Å². The van der Waals surface area contributed by atoms with Gasteiger partial charge in [-0.3, -0.25) is 0 Å². The van der Waals surface area contributed by atoms with E-state index in [1.807, 2.05) is 0 Å². The van der Waals surface area contributed by atoms with Crippen molar-refractivity contribution < 1.29 is 4.39 Å². The molecule has 5 nitrogen and oxygen atoms in total. The van der Waals surface area contributed by atoms with E-state index in [0.717, 1.165) is 0 Å². The van der Waals surface area contributed by atoms with Gasteiger partial charge in [-0.05, 0) is 24.3 Å². The molecule has 94 valence electrons. The van der Waals surface area contributed by atoms with Gasteiger partial charge in [-0.2, -0.15) is 14.9 Å². The molecule has 2 heterocycles. The second-order valence-corrected chi connectivity index (χ2v) is 3.93. The van der Waals surface area contributed by atoms with E-state index in [2.05, 4.69) is 15.3 Å². The predicted molar refractivity (Wildman–Crippen MR) is 69.0 cm³/mol. The molecule has 0 aliphatic carbocycles. The fraction of sp³-hybridized carbons (Fsp3) is 0. The molecule has 0 aliphatic heterocycles. The van der Waals surface area contributed by atoms with Crippen molar-refractivity contribution in [3.05, 3.63) is 54.5 Å². The van der Waals surface area contributed by atoms with Crippen LogP contribution in [0.4, 0.5) is 10.2 Å². The van der Waals surface area contributed by atoms with Gasteiger partial charge in [-0.1, -0.05) is 12.1 Å². The van der Waals surface area contributed by atoms with Crippen LogP contribution in [-0.2, 0) is 0 Å². The lowest BCUT2D eigenvalue weighted by Crippen LogP contribution is -2.04. The Kier molecular flexibility index (Phi) is 2.68. The molecule has 2 N–H and O–H groups in total. The highest BCUT2D eigenvalue weighted by atomic mass is 19.1. The third kappa shape index (κ3) is 2.03. The predicted octanol–water partition coefficient (Wildman–Crippen LogP) is 2.05. The standard InChI is InChI=1S/C13H10FN5/c14-10-5-2-1-4-9(10)11-8-12(15)19(18-11)13-6-3-7-16-17-13/h1-8H,15H2. The van der Waals surface area contributed by atoms with Crippen LogP contribution < -0.4 is 5.73 Å². The minimum Gasteiger partial charge on any atom is -0.384 e. The normalized spacial score (nSPS) is 10.6. The Bertz CT molecular complexity index is 708. The minimum atomic E-state index is -0.341. The van der Waals surface area contributed by atoms with Gasteiger partial charge in [0, 0.05) is 17.8 Å². The molecular weight excluding hydrogens is 245 g/mol. The first-order valence-electron chi connectivity index (χ1n) is 5.64. The molecule has 0 atom stereocenters. The van der Waals surface area contributed by atoms with Crippen LogP contribution >= 0.6 is 0 Å². The van der Waals surface area contributed by atoms with Crippen molar-refractivity contribution in [2.45, 2.75) is 0 Å². The smallest absolute Gasteiger partial charge is 0.177 e. The lowest BCUT2D eigenvalue weighted by atomic mass is 10.1. The first-order valence-corrected chi connectivity index (χ1v) is 5.64. The van der Waals surface area contributed by atoms with E-state index in [9.17, 15) is 4.39 Å². The molecule has 3 rings (SSSR count). The van der Waals surface area contributed by atoms with Crippen LogP contribution in [-0.4, -0.2) is 20.0 Å². The summed E-state index contributed by atoms with van der Waals surface area (Å²) in [6.45, 7) is 0. The monoisotopic (exact) mass is 255 g/mol. The van der Waals surface area contributed by atoms with Crippen molar-refractivity contribution in [1.82, 2.24) is 20.0 Å². The maximum absolute atomic E-state index is 13.7. The van der Waals surface area contributed by atoms with E-state index in [1.165, 1.54) is 10.7 Å². The number of halogens is 1. The molecule has 0 fully saturated rings. The largest absolute Gasteiger partial charge is 0.384 e. The summed E-state index contributed by atoms with van der Waals surface area (Å²) in [6, 6.07) is 11.5. The van der Waals surface area contributed by atoms with Gasteiger partial charge >= 0.3 is 0 Å². The Morgan fingerprint density at radius 2 is 1.95 bits per heavy atom. The van der Waals surface area contributed by atoms with Crippen LogP contribution in [0.2, 0.25) is 0 Å². The lowest BCUT2D eigenvalue weighted by Gasteiger charge is -2.00. The molecule has 0 aliphatic rings. The summed E-state index contributed by atoms with van der Waals surface area (Å²) in [5, 5.41) is 11.9. The van der Waals surface area contributed by atoms with E-state index in [-0.39, 0.29) is 5.82 Å². The molecule has 0 unspecified atom stereocenters. The number of aromatic nitrogens is 4. The summed E-state index contributed by atoms with van der Waals surface area (Å²) in [4.78, 5) is 0. The van der Waals surface area contributed by atoms with Crippen LogP contribution in [0.1, 0.15) is 0 Å². The maximum Gasteiger partial charge on any atom is 0.177 e. The van der Waals surface area contributed by atoms with Crippen LogP contribution in [0.3, 0.4) is 0 Å². The Hall–Kier alpha value is -2.76. The van der Waals surface area contributed by atoms with Crippen molar-refractivity contribution in [2.75, 3.05) is 5.73 Å². The van der Waals surface area contributed by atoms with E-state index < -0.39 is 0 Å². The second kappa shape index (κ2) is 4.49. The fourth-order valence-corrected chi connectivity index (χ4v) is 1.79.